The van der Waals surface area contributed by atoms with E-state index in [1.807, 2.05) is 0 Å². The van der Waals surface area contributed by atoms with Crippen LogP contribution in [0.4, 0.5) is 30.5 Å². The normalized spacial score (nSPS) is 11.3. The molecule has 0 radical (unpaired) electrons. The Morgan fingerprint density at radius 1 is 1.14 bits per heavy atom. The number of benzene rings is 1. The molecule has 0 saturated carbocycles. The summed E-state index contributed by atoms with van der Waals surface area (Å²) in [7, 11) is 0. The molecule has 0 aliphatic rings. The Kier molecular flexibility index (Phi) is 4.55. The van der Waals surface area contributed by atoms with E-state index < -0.39 is 11.7 Å². The first-order valence-electron chi connectivity index (χ1n) is 5.43. The number of aromatic nitrogens is 2. The zero-order valence-corrected chi connectivity index (χ0v) is 12.5. The fraction of sp³-hybridized carbons (Fsp3) is 0.0909. The number of nitrogens with two attached hydrogens (primary N) is 1. The summed E-state index contributed by atoms with van der Waals surface area (Å²) in [4.78, 5) is 7.75. The second-order valence-electron chi connectivity index (χ2n) is 3.88. The van der Waals surface area contributed by atoms with Gasteiger partial charge in [0.15, 0.2) is 5.82 Å². The molecule has 0 atom stereocenters. The van der Waals surface area contributed by atoms with E-state index in [-0.39, 0.29) is 22.3 Å². The minimum atomic E-state index is -4.49. The molecular weight excluding hydrogens is 375 g/mol. The number of halogens is 5. The number of rotatable bonds is 3. The number of nitrogens with zero attached hydrogens (tertiary/aromatic N) is 2. The third-order valence-electron chi connectivity index (χ3n) is 2.41. The Morgan fingerprint density at radius 2 is 1.81 bits per heavy atom. The molecule has 0 amide bonds. The van der Waals surface area contributed by atoms with Crippen molar-refractivity contribution in [2.75, 3.05) is 10.7 Å². The van der Waals surface area contributed by atoms with E-state index in [9.17, 15) is 13.2 Å². The van der Waals surface area contributed by atoms with Gasteiger partial charge >= 0.3 is 6.18 Å². The summed E-state index contributed by atoms with van der Waals surface area (Å²) < 4.78 is 38.6. The molecule has 0 aliphatic heterocycles. The third kappa shape index (κ3) is 3.74. The fourth-order valence-electron chi connectivity index (χ4n) is 1.52. The van der Waals surface area contributed by atoms with Crippen molar-refractivity contribution >= 4 is 44.9 Å². The second-order valence-corrected chi connectivity index (χ2v) is 5.11. The molecule has 0 spiro atoms. The van der Waals surface area contributed by atoms with E-state index in [2.05, 4.69) is 36.6 Å². The predicted octanol–water partition coefficient (Wildman–Crippen LogP) is 3.94. The van der Waals surface area contributed by atoms with Crippen molar-refractivity contribution in [2.24, 2.45) is 5.84 Å². The molecule has 1 aromatic carbocycles. The maximum atomic E-state index is 12.7. The van der Waals surface area contributed by atoms with Gasteiger partial charge in [-0.1, -0.05) is 11.6 Å². The number of hydrogen-bond donors (Lipinski definition) is 3. The highest BCUT2D eigenvalue weighted by atomic mass is 79.9. The van der Waals surface area contributed by atoms with Gasteiger partial charge in [-0.15, -0.1) is 0 Å². The van der Waals surface area contributed by atoms with Crippen LogP contribution in [0.5, 0.6) is 0 Å². The molecule has 0 aliphatic carbocycles. The number of nitrogen functional groups attached to an aromatic ring is 1. The number of nitrogens with one attached hydrogen (secondary N) is 2. The van der Waals surface area contributed by atoms with Crippen LogP contribution in [0, 0.1) is 0 Å². The van der Waals surface area contributed by atoms with Crippen molar-refractivity contribution in [1.29, 1.82) is 0 Å². The number of hydrogen-bond acceptors (Lipinski definition) is 5. The SMILES string of the molecule is NNc1ncnc(Nc2cc(Cl)cc(C(F)(F)F)c2)c1Br. The van der Waals surface area contributed by atoms with Gasteiger partial charge in [-0.05, 0) is 34.1 Å². The standard InChI is InChI=1S/C11H8BrClF3N5/c12-8-9(18-4-19-10(8)21-17)20-7-2-5(11(14,15)16)1-6(13)3-7/h1-4H,17H2,(H2,18,19,20,21). The minimum Gasteiger partial charge on any atom is -0.339 e. The van der Waals surface area contributed by atoms with Crippen LogP contribution in [0.25, 0.3) is 0 Å². The molecule has 21 heavy (non-hydrogen) atoms. The zero-order valence-electron chi connectivity index (χ0n) is 10.2. The Morgan fingerprint density at radius 3 is 2.43 bits per heavy atom. The molecule has 5 nitrogen and oxygen atoms in total. The zero-order chi connectivity index (χ0) is 15.6. The van der Waals surface area contributed by atoms with Crippen molar-refractivity contribution in [3.05, 3.63) is 39.6 Å². The van der Waals surface area contributed by atoms with Crippen LogP contribution in [0.3, 0.4) is 0 Å². The first-order valence-corrected chi connectivity index (χ1v) is 6.60. The summed E-state index contributed by atoms with van der Waals surface area (Å²) >= 11 is 8.89. The number of hydrazine groups is 1. The summed E-state index contributed by atoms with van der Waals surface area (Å²) in [5.74, 6) is 5.78. The minimum absolute atomic E-state index is 0.0466. The van der Waals surface area contributed by atoms with Crippen molar-refractivity contribution < 1.29 is 13.2 Å². The summed E-state index contributed by atoms with van der Waals surface area (Å²) in [5, 5.41) is 2.68. The van der Waals surface area contributed by atoms with E-state index in [0.29, 0.717) is 4.47 Å². The van der Waals surface area contributed by atoms with E-state index in [1.54, 1.807) is 0 Å². The van der Waals surface area contributed by atoms with E-state index in [0.717, 1.165) is 12.1 Å². The summed E-state index contributed by atoms with van der Waals surface area (Å²) in [6, 6.07) is 3.12. The second kappa shape index (κ2) is 6.04. The lowest BCUT2D eigenvalue weighted by atomic mass is 10.2. The lowest BCUT2D eigenvalue weighted by Crippen LogP contribution is -2.10. The van der Waals surface area contributed by atoms with Gasteiger partial charge in [0.2, 0.25) is 0 Å². The smallest absolute Gasteiger partial charge is 0.339 e. The molecule has 4 N–H and O–H groups in total. The largest absolute Gasteiger partial charge is 0.416 e. The topological polar surface area (TPSA) is 75.9 Å². The Labute approximate surface area is 130 Å². The maximum Gasteiger partial charge on any atom is 0.416 e. The first-order chi connectivity index (χ1) is 9.81. The van der Waals surface area contributed by atoms with Crippen LogP contribution in [-0.2, 0) is 6.18 Å². The highest BCUT2D eigenvalue weighted by Crippen LogP contribution is 2.35. The summed E-state index contributed by atoms with van der Waals surface area (Å²) in [5.41, 5.74) is 1.60. The van der Waals surface area contributed by atoms with Crippen LogP contribution in [0.1, 0.15) is 5.56 Å². The molecule has 0 saturated heterocycles. The van der Waals surface area contributed by atoms with Gasteiger partial charge in [-0.25, -0.2) is 15.8 Å². The molecule has 0 unspecified atom stereocenters. The number of anilines is 3. The highest BCUT2D eigenvalue weighted by molar-refractivity contribution is 9.10. The monoisotopic (exact) mass is 381 g/mol. The summed E-state index contributed by atoms with van der Waals surface area (Å²) in [6.45, 7) is 0. The predicted molar refractivity (Wildman–Crippen MR) is 77.3 cm³/mol. The molecule has 2 rings (SSSR count). The molecule has 2 aromatic rings. The lowest BCUT2D eigenvalue weighted by Gasteiger charge is -2.13. The Bertz CT molecular complexity index is 665. The molecule has 10 heteroatoms. The van der Waals surface area contributed by atoms with Crippen LogP contribution in [0.2, 0.25) is 5.02 Å². The van der Waals surface area contributed by atoms with Crippen molar-refractivity contribution in [3.8, 4) is 0 Å². The van der Waals surface area contributed by atoms with Gasteiger partial charge < -0.3 is 10.7 Å². The van der Waals surface area contributed by atoms with Crippen LogP contribution < -0.4 is 16.6 Å². The average Bonchev–Trinajstić information content (AvgIpc) is 2.39. The molecule has 0 bridgehead atoms. The summed E-state index contributed by atoms with van der Waals surface area (Å²) in [6.07, 6.45) is -3.29. The van der Waals surface area contributed by atoms with E-state index in [1.165, 1.54) is 12.4 Å². The van der Waals surface area contributed by atoms with Gasteiger partial charge in [0.05, 0.1) is 5.56 Å². The lowest BCUT2D eigenvalue weighted by molar-refractivity contribution is -0.137. The van der Waals surface area contributed by atoms with Crippen LogP contribution >= 0.6 is 27.5 Å². The first kappa shape index (κ1) is 15.8. The van der Waals surface area contributed by atoms with Crippen molar-refractivity contribution in [1.82, 2.24) is 9.97 Å². The molecule has 1 heterocycles. The molecular formula is C11H8BrClF3N5. The van der Waals surface area contributed by atoms with Crippen molar-refractivity contribution in [3.63, 3.8) is 0 Å². The molecule has 112 valence electrons. The molecule has 0 fully saturated rings. The third-order valence-corrected chi connectivity index (χ3v) is 3.38. The van der Waals surface area contributed by atoms with Gasteiger partial charge in [0.25, 0.3) is 0 Å². The van der Waals surface area contributed by atoms with Crippen LogP contribution in [0.15, 0.2) is 29.0 Å². The van der Waals surface area contributed by atoms with Crippen LogP contribution in [-0.4, -0.2) is 9.97 Å². The maximum absolute atomic E-state index is 12.7. The van der Waals surface area contributed by atoms with Gasteiger partial charge in [-0.2, -0.15) is 13.2 Å². The van der Waals surface area contributed by atoms with E-state index in [4.69, 9.17) is 17.4 Å². The van der Waals surface area contributed by atoms with Crippen molar-refractivity contribution in [2.45, 2.75) is 6.18 Å². The van der Waals surface area contributed by atoms with Gasteiger partial charge in [0, 0.05) is 10.7 Å². The van der Waals surface area contributed by atoms with E-state index >= 15 is 0 Å². The Hall–Kier alpha value is -1.58. The van der Waals surface area contributed by atoms with Gasteiger partial charge in [0.1, 0.15) is 16.6 Å². The molecule has 1 aromatic heterocycles. The quantitative estimate of drug-likeness (QED) is 0.554. The van der Waals surface area contributed by atoms with Gasteiger partial charge in [-0.3, -0.25) is 0 Å². The highest BCUT2D eigenvalue weighted by Gasteiger charge is 2.31. The average molecular weight is 383 g/mol. The number of alkyl halides is 3. The fourth-order valence-corrected chi connectivity index (χ4v) is 2.17. The Balaban J connectivity index is 2.38.